The molecule has 0 spiro atoms. The molecule has 0 unspecified atom stereocenters. The molecule has 0 radical (unpaired) electrons. The Morgan fingerprint density at radius 2 is 1.76 bits per heavy atom. The molecule has 0 atom stereocenters. The molecule has 0 aliphatic rings. The molecule has 3 rings (SSSR count). The maximum atomic E-state index is 5.22. The maximum Gasteiger partial charge on any atom is 0.321 e. The average Bonchev–Trinajstić information content (AvgIpc) is 2.98. The van der Waals surface area contributed by atoms with Gasteiger partial charge in [0.25, 0.3) is 0 Å². The van der Waals surface area contributed by atoms with E-state index < -0.39 is 0 Å². The third kappa shape index (κ3) is 3.48. The Morgan fingerprint density at radius 1 is 1.00 bits per heavy atom. The van der Waals surface area contributed by atoms with Gasteiger partial charge >= 0.3 is 6.01 Å². The lowest BCUT2D eigenvalue weighted by Gasteiger charge is -2.00. The zero-order chi connectivity index (χ0) is 14.5. The fraction of sp³-hybridized carbons (Fsp3) is 0.176. The van der Waals surface area contributed by atoms with Crippen molar-refractivity contribution >= 4 is 6.01 Å². The molecule has 0 aliphatic carbocycles. The molecule has 4 heteroatoms. The van der Waals surface area contributed by atoms with Crippen LogP contribution in [0, 0.1) is 6.92 Å². The second-order valence-electron chi connectivity index (χ2n) is 4.95. The van der Waals surface area contributed by atoms with Gasteiger partial charge in [0.05, 0.1) is 0 Å². The Hall–Kier alpha value is -2.62. The zero-order valence-corrected chi connectivity index (χ0v) is 11.9. The van der Waals surface area contributed by atoms with Crippen LogP contribution >= 0.6 is 0 Å². The van der Waals surface area contributed by atoms with E-state index in [0.717, 1.165) is 18.5 Å². The van der Waals surface area contributed by atoms with Crippen LogP contribution in [0.15, 0.2) is 59.1 Å². The lowest BCUT2D eigenvalue weighted by Crippen LogP contribution is -2.04. The molecular weight excluding hydrogens is 262 g/mol. The Kier molecular flexibility index (Phi) is 3.96. The minimum Gasteiger partial charge on any atom is -0.337 e. The predicted molar refractivity (Wildman–Crippen MR) is 83.1 cm³/mol. The summed E-state index contributed by atoms with van der Waals surface area (Å²) in [6.07, 6.45) is 0.920. The smallest absolute Gasteiger partial charge is 0.321 e. The standard InChI is InChI=1S/C17H17N3O/c1-13-7-9-15(10-8-13)16-19-17(21-20-16)18-12-11-14-5-3-2-4-6-14/h2-10H,11-12H2,1H3,(H,18,19,20). The van der Waals surface area contributed by atoms with Crippen molar-refractivity contribution in [2.45, 2.75) is 13.3 Å². The topological polar surface area (TPSA) is 51.0 Å². The van der Waals surface area contributed by atoms with Gasteiger partial charge in [0.1, 0.15) is 0 Å². The Bertz CT molecular complexity index is 690. The molecule has 4 nitrogen and oxygen atoms in total. The van der Waals surface area contributed by atoms with Gasteiger partial charge in [0.15, 0.2) is 0 Å². The third-order valence-corrected chi connectivity index (χ3v) is 3.27. The van der Waals surface area contributed by atoms with Gasteiger partial charge in [0.2, 0.25) is 5.82 Å². The fourth-order valence-corrected chi connectivity index (χ4v) is 2.07. The van der Waals surface area contributed by atoms with Crippen molar-refractivity contribution in [3.05, 3.63) is 65.7 Å². The van der Waals surface area contributed by atoms with E-state index in [1.807, 2.05) is 42.5 Å². The van der Waals surface area contributed by atoms with E-state index in [1.165, 1.54) is 11.1 Å². The molecule has 3 aromatic rings. The van der Waals surface area contributed by atoms with Gasteiger partial charge in [-0.2, -0.15) is 4.98 Å². The Labute approximate surface area is 123 Å². The molecule has 1 N–H and O–H groups in total. The molecule has 106 valence electrons. The largest absolute Gasteiger partial charge is 0.337 e. The van der Waals surface area contributed by atoms with E-state index >= 15 is 0 Å². The van der Waals surface area contributed by atoms with Crippen LogP contribution < -0.4 is 5.32 Å². The van der Waals surface area contributed by atoms with Crippen molar-refractivity contribution in [1.29, 1.82) is 0 Å². The Morgan fingerprint density at radius 3 is 2.52 bits per heavy atom. The number of nitrogens with zero attached hydrogens (tertiary/aromatic N) is 2. The first kappa shape index (κ1) is 13.4. The van der Waals surface area contributed by atoms with E-state index in [2.05, 4.69) is 34.5 Å². The quantitative estimate of drug-likeness (QED) is 0.773. The van der Waals surface area contributed by atoms with Gasteiger partial charge in [0, 0.05) is 12.1 Å². The van der Waals surface area contributed by atoms with E-state index in [4.69, 9.17) is 4.52 Å². The monoisotopic (exact) mass is 279 g/mol. The van der Waals surface area contributed by atoms with Crippen LogP contribution in [0.2, 0.25) is 0 Å². The number of aryl methyl sites for hydroxylation is 1. The minimum atomic E-state index is 0.460. The first-order chi connectivity index (χ1) is 10.3. The van der Waals surface area contributed by atoms with Crippen LogP contribution in [-0.2, 0) is 6.42 Å². The molecule has 0 aliphatic heterocycles. The summed E-state index contributed by atoms with van der Waals surface area (Å²) in [5, 5.41) is 7.15. The first-order valence-corrected chi connectivity index (χ1v) is 7.00. The molecule has 0 amide bonds. The summed E-state index contributed by atoms with van der Waals surface area (Å²) in [6, 6.07) is 18.8. The number of hydrogen-bond acceptors (Lipinski definition) is 4. The van der Waals surface area contributed by atoms with Crippen molar-refractivity contribution < 1.29 is 4.52 Å². The molecule has 1 heterocycles. The van der Waals surface area contributed by atoms with Crippen LogP contribution in [-0.4, -0.2) is 16.7 Å². The molecule has 0 bridgehead atoms. The fourth-order valence-electron chi connectivity index (χ4n) is 2.07. The van der Waals surface area contributed by atoms with Crippen LogP contribution in [0.25, 0.3) is 11.4 Å². The van der Waals surface area contributed by atoms with Crippen molar-refractivity contribution in [1.82, 2.24) is 10.1 Å². The van der Waals surface area contributed by atoms with Gasteiger partial charge in [-0.1, -0.05) is 65.3 Å². The molecule has 0 saturated heterocycles. The average molecular weight is 279 g/mol. The van der Waals surface area contributed by atoms with Crippen LogP contribution in [0.5, 0.6) is 0 Å². The number of aromatic nitrogens is 2. The number of rotatable bonds is 5. The van der Waals surface area contributed by atoms with Crippen molar-refractivity contribution in [2.24, 2.45) is 0 Å². The summed E-state index contributed by atoms with van der Waals surface area (Å²) in [4.78, 5) is 4.35. The van der Waals surface area contributed by atoms with E-state index in [9.17, 15) is 0 Å². The summed E-state index contributed by atoms with van der Waals surface area (Å²) in [7, 11) is 0. The summed E-state index contributed by atoms with van der Waals surface area (Å²) in [5.74, 6) is 0.609. The summed E-state index contributed by atoms with van der Waals surface area (Å²) in [6.45, 7) is 2.82. The van der Waals surface area contributed by atoms with Crippen LogP contribution in [0.1, 0.15) is 11.1 Å². The first-order valence-electron chi connectivity index (χ1n) is 7.00. The lowest BCUT2D eigenvalue weighted by atomic mass is 10.1. The summed E-state index contributed by atoms with van der Waals surface area (Å²) >= 11 is 0. The number of anilines is 1. The number of hydrogen-bond donors (Lipinski definition) is 1. The molecule has 21 heavy (non-hydrogen) atoms. The lowest BCUT2D eigenvalue weighted by molar-refractivity contribution is 0.432. The van der Waals surface area contributed by atoms with E-state index in [0.29, 0.717) is 11.8 Å². The second-order valence-corrected chi connectivity index (χ2v) is 4.95. The second kappa shape index (κ2) is 6.22. The molecular formula is C17H17N3O. The zero-order valence-electron chi connectivity index (χ0n) is 11.9. The highest BCUT2D eigenvalue weighted by molar-refractivity contribution is 5.55. The van der Waals surface area contributed by atoms with Gasteiger partial charge in [-0.3, -0.25) is 0 Å². The normalized spacial score (nSPS) is 10.5. The SMILES string of the molecule is Cc1ccc(-c2noc(NCCc3ccccc3)n2)cc1. The van der Waals surface area contributed by atoms with Gasteiger partial charge in [-0.25, -0.2) is 0 Å². The molecule has 0 saturated carbocycles. The summed E-state index contributed by atoms with van der Waals surface area (Å²) < 4.78 is 5.22. The molecule has 0 fully saturated rings. The van der Waals surface area contributed by atoms with Crippen molar-refractivity contribution in [3.8, 4) is 11.4 Å². The van der Waals surface area contributed by atoms with Crippen LogP contribution in [0.4, 0.5) is 6.01 Å². The van der Waals surface area contributed by atoms with Crippen molar-refractivity contribution in [2.75, 3.05) is 11.9 Å². The van der Waals surface area contributed by atoms with Gasteiger partial charge in [-0.15, -0.1) is 0 Å². The van der Waals surface area contributed by atoms with Crippen molar-refractivity contribution in [3.63, 3.8) is 0 Å². The Balaban J connectivity index is 1.59. The number of benzene rings is 2. The van der Waals surface area contributed by atoms with Gasteiger partial charge in [-0.05, 0) is 18.9 Å². The highest BCUT2D eigenvalue weighted by atomic mass is 16.5. The molecule has 1 aromatic heterocycles. The van der Waals surface area contributed by atoms with E-state index in [-0.39, 0.29) is 0 Å². The minimum absolute atomic E-state index is 0.460. The predicted octanol–water partition coefficient (Wildman–Crippen LogP) is 3.70. The summed E-state index contributed by atoms with van der Waals surface area (Å²) in [5.41, 5.74) is 3.45. The van der Waals surface area contributed by atoms with E-state index in [1.54, 1.807) is 0 Å². The number of nitrogens with one attached hydrogen (secondary N) is 1. The molecule has 2 aromatic carbocycles. The van der Waals surface area contributed by atoms with Gasteiger partial charge < -0.3 is 9.84 Å². The van der Waals surface area contributed by atoms with Crippen LogP contribution in [0.3, 0.4) is 0 Å². The highest BCUT2D eigenvalue weighted by Gasteiger charge is 2.07. The third-order valence-electron chi connectivity index (χ3n) is 3.27. The maximum absolute atomic E-state index is 5.22. The highest BCUT2D eigenvalue weighted by Crippen LogP contribution is 2.18.